The number of anilines is 2. The monoisotopic (exact) mass is 300 g/mol. The number of hydrogen-bond donors (Lipinski definition) is 2. The van der Waals surface area contributed by atoms with Gasteiger partial charge >= 0.3 is 0 Å². The van der Waals surface area contributed by atoms with E-state index in [1.165, 1.54) is 0 Å². The summed E-state index contributed by atoms with van der Waals surface area (Å²) in [4.78, 5) is 20.6. The lowest BCUT2D eigenvalue weighted by atomic mass is 10.2. The van der Waals surface area contributed by atoms with Crippen LogP contribution >= 0.6 is 0 Å². The Bertz CT molecular complexity index is 658. The Balaban J connectivity index is 2.13. The Kier molecular flexibility index (Phi) is 5.43. The van der Waals surface area contributed by atoms with Gasteiger partial charge < -0.3 is 15.4 Å². The SMILES string of the molecule is CCOCc1cccc(NC(=O)c2cc(C)nc(NC)n2)c1. The van der Waals surface area contributed by atoms with Gasteiger partial charge in [0.1, 0.15) is 5.69 Å². The minimum Gasteiger partial charge on any atom is -0.377 e. The minimum absolute atomic E-state index is 0.268. The number of carbonyl (C=O) groups excluding carboxylic acids is 1. The van der Waals surface area contributed by atoms with E-state index in [1.54, 1.807) is 13.1 Å². The molecule has 1 aromatic carbocycles. The van der Waals surface area contributed by atoms with Gasteiger partial charge in [-0.15, -0.1) is 0 Å². The quantitative estimate of drug-likeness (QED) is 0.857. The zero-order valence-electron chi connectivity index (χ0n) is 13.0. The van der Waals surface area contributed by atoms with Gasteiger partial charge in [0.05, 0.1) is 6.61 Å². The third-order valence-corrected chi connectivity index (χ3v) is 2.97. The zero-order chi connectivity index (χ0) is 15.9. The first-order valence-corrected chi connectivity index (χ1v) is 7.14. The summed E-state index contributed by atoms with van der Waals surface area (Å²) in [6, 6.07) is 9.22. The normalized spacial score (nSPS) is 10.3. The van der Waals surface area contributed by atoms with Crippen molar-refractivity contribution in [2.45, 2.75) is 20.5 Å². The van der Waals surface area contributed by atoms with Crippen LogP contribution in [0.25, 0.3) is 0 Å². The Morgan fingerprint density at radius 1 is 1.27 bits per heavy atom. The van der Waals surface area contributed by atoms with E-state index in [-0.39, 0.29) is 5.91 Å². The number of carbonyl (C=O) groups is 1. The van der Waals surface area contributed by atoms with E-state index in [0.717, 1.165) is 11.3 Å². The summed E-state index contributed by atoms with van der Waals surface area (Å²) in [6.07, 6.45) is 0. The van der Waals surface area contributed by atoms with Gasteiger partial charge in [0.15, 0.2) is 0 Å². The van der Waals surface area contributed by atoms with E-state index in [4.69, 9.17) is 4.74 Å². The standard InChI is InChI=1S/C16H20N4O2/c1-4-22-10-12-6-5-7-13(9-12)19-15(21)14-8-11(2)18-16(17-3)20-14/h5-9H,4,10H2,1-3H3,(H,19,21)(H,17,18,20). The molecule has 0 radical (unpaired) electrons. The highest BCUT2D eigenvalue weighted by Crippen LogP contribution is 2.13. The van der Waals surface area contributed by atoms with Crippen molar-refractivity contribution in [1.82, 2.24) is 9.97 Å². The first-order chi connectivity index (χ1) is 10.6. The van der Waals surface area contributed by atoms with Gasteiger partial charge in [0.2, 0.25) is 5.95 Å². The zero-order valence-corrected chi connectivity index (χ0v) is 13.0. The van der Waals surface area contributed by atoms with Crippen molar-refractivity contribution < 1.29 is 9.53 Å². The molecule has 1 heterocycles. The Hall–Kier alpha value is -2.47. The van der Waals surface area contributed by atoms with Gasteiger partial charge in [-0.25, -0.2) is 9.97 Å². The molecule has 2 rings (SSSR count). The molecule has 0 spiro atoms. The Morgan fingerprint density at radius 2 is 2.09 bits per heavy atom. The van der Waals surface area contributed by atoms with Crippen LogP contribution in [0, 0.1) is 6.92 Å². The summed E-state index contributed by atoms with van der Waals surface area (Å²) in [5.41, 5.74) is 2.78. The number of nitrogens with zero attached hydrogens (tertiary/aromatic N) is 2. The van der Waals surface area contributed by atoms with E-state index in [2.05, 4.69) is 20.6 Å². The van der Waals surface area contributed by atoms with Gasteiger partial charge in [-0.1, -0.05) is 12.1 Å². The molecular weight excluding hydrogens is 280 g/mol. The fourth-order valence-electron chi connectivity index (χ4n) is 1.95. The van der Waals surface area contributed by atoms with Crippen molar-refractivity contribution in [3.63, 3.8) is 0 Å². The van der Waals surface area contributed by atoms with Crippen LogP contribution in [-0.4, -0.2) is 29.5 Å². The summed E-state index contributed by atoms with van der Waals surface area (Å²) in [7, 11) is 1.72. The number of rotatable bonds is 6. The maximum Gasteiger partial charge on any atom is 0.274 e. The predicted molar refractivity (Wildman–Crippen MR) is 86.0 cm³/mol. The van der Waals surface area contributed by atoms with Crippen molar-refractivity contribution in [2.24, 2.45) is 0 Å². The number of amides is 1. The molecule has 0 aliphatic rings. The van der Waals surface area contributed by atoms with Crippen molar-refractivity contribution in [3.05, 3.63) is 47.3 Å². The van der Waals surface area contributed by atoms with Gasteiger partial charge in [0.25, 0.3) is 5.91 Å². The molecule has 6 heteroatoms. The Labute approximate surface area is 129 Å². The number of nitrogens with one attached hydrogen (secondary N) is 2. The lowest BCUT2D eigenvalue weighted by Crippen LogP contribution is -2.15. The van der Waals surface area contributed by atoms with Gasteiger partial charge in [-0.05, 0) is 37.6 Å². The molecule has 0 bridgehead atoms. The number of aromatic nitrogens is 2. The van der Waals surface area contributed by atoms with Gasteiger partial charge in [0, 0.05) is 25.0 Å². The average Bonchev–Trinajstić information content (AvgIpc) is 2.52. The van der Waals surface area contributed by atoms with Crippen molar-refractivity contribution >= 4 is 17.5 Å². The average molecular weight is 300 g/mol. The van der Waals surface area contributed by atoms with Crippen LogP contribution < -0.4 is 10.6 Å². The second-order valence-electron chi connectivity index (χ2n) is 4.76. The second kappa shape index (κ2) is 7.51. The van der Waals surface area contributed by atoms with Gasteiger partial charge in [-0.3, -0.25) is 4.79 Å². The van der Waals surface area contributed by atoms with Crippen molar-refractivity contribution in [2.75, 3.05) is 24.3 Å². The third kappa shape index (κ3) is 4.26. The highest BCUT2D eigenvalue weighted by molar-refractivity contribution is 6.03. The molecule has 0 unspecified atom stereocenters. The summed E-state index contributed by atoms with van der Waals surface area (Å²) in [5, 5.41) is 5.68. The maximum absolute atomic E-state index is 12.3. The topological polar surface area (TPSA) is 76.1 Å². The lowest BCUT2D eigenvalue weighted by Gasteiger charge is -2.08. The van der Waals surface area contributed by atoms with Gasteiger partial charge in [-0.2, -0.15) is 0 Å². The largest absolute Gasteiger partial charge is 0.377 e. The summed E-state index contributed by atoms with van der Waals surface area (Å²) in [5.74, 6) is 0.158. The fraction of sp³-hybridized carbons (Fsp3) is 0.312. The van der Waals surface area contributed by atoms with Crippen LogP contribution in [0.5, 0.6) is 0 Å². The molecule has 0 atom stereocenters. The minimum atomic E-state index is -0.268. The van der Waals surface area contributed by atoms with E-state index in [1.807, 2.05) is 38.1 Å². The molecule has 0 fully saturated rings. The molecule has 1 aromatic heterocycles. The smallest absolute Gasteiger partial charge is 0.274 e. The van der Waals surface area contributed by atoms with Crippen LogP contribution in [0.15, 0.2) is 30.3 Å². The molecule has 1 amide bonds. The third-order valence-electron chi connectivity index (χ3n) is 2.97. The molecule has 116 valence electrons. The maximum atomic E-state index is 12.3. The van der Waals surface area contributed by atoms with Crippen LogP contribution in [-0.2, 0) is 11.3 Å². The summed E-state index contributed by atoms with van der Waals surface area (Å²) in [6.45, 7) is 4.95. The number of benzene rings is 1. The van der Waals surface area contributed by atoms with E-state index in [0.29, 0.717) is 30.5 Å². The molecule has 6 nitrogen and oxygen atoms in total. The lowest BCUT2D eigenvalue weighted by molar-refractivity contribution is 0.102. The molecule has 0 saturated carbocycles. The molecule has 0 saturated heterocycles. The second-order valence-corrected chi connectivity index (χ2v) is 4.76. The highest BCUT2D eigenvalue weighted by atomic mass is 16.5. The fourth-order valence-corrected chi connectivity index (χ4v) is 1.95. The van der Waals surface area contributed by atoms with Crippen LogP contribution in [0.3, 0.4) is 0 Å². The first-order valence-electron chi connectivity index (χ1n) is 7.14. The first kappa shape index (κ1) is 15.9. The molecule has 2 aromatic rings. The van der Waals surface area contributed by atoms with Crippen LogP contribution in [0.4, 0.5) is 11.6 Å². The summed E-state index contributed by atoms with van der Waals surface area (Å²) >= 11 is 0. The molecular formula is C16H20N4O2. The molecule has 2 N–H and O–H groups in total. The molecule has 0 aliphatic carbocycles. The van der Waals surface area contributed by atoms with E-state index in [9.17, 15) is 4.79 Å². The van der Waals surface area contributed by atoms with Crippen LogP contribution in [0.2, 0.25) is 0 Å². The molecule has 0 aliphatic heterocycles. The number of ether oxygens (including phenoxy) is 1. The van der Waals surface area contributed by atoms with E-state index < -0.39 is 0 Å². The van der Waals surface area contributed by atoms with Crippen molar-refractivity contribution in [3.8, 4) is 0 Å². The summed E-state index contributed by atoms with van der Waals surface area (Å²) < 4.78 is 5.37. The molecule has 22 heavy (non-hydrogen) atoms. The number of hydrogen-bond acceptors (Lipinski definition) is 5. The van der Waals surface area contributed by atoms with Crippen molar-refractivity contribution in [1.29, 1.82) is 0 Å². The van der Waals surface area contributed by atoms with Crippen LogP contribution in [0.1, 0.15) is 28.7 Å². The highest BCUT2D eigenvalue weighted by Gasteiger charge is 2.10. The predicted octanol–water partition coefficient (Wildman–Crippen LogP) is 2.62. The number of aryl methyl sites for hydroxylation is 1. The Morgan fingerprint density at radius 3 is 2.82 bits per heavy atom. The van der Waals surface area contributed by atoms with E-state index >= 15 is 0 Å².